The summed E-state index contributed by atoms with van der Waals surface area (Å²) in [5, 5.41) is 6.65. The third-order valence-corrected chi connectivity index (χ3v) is 7.00. The minimum Gasteiger partial charge on any atom is -0.0623 e. The van der Waals surface area contributed by atoms with Gasteiger partial charge in [0.05, 0.1) is 6.04 Å². The molecule has 34 heavy (non-hydrogen) atoms. The number of halogens is 3. The van der Waals surface area contributed by atoms with Gasteiger partial charge in [0.25, 0.3) is 0 Å². The number of hydrogen-bond donors (Lipinski definition) is 1. The molecule has 181 valence electrons. The van der Waals surface area contributed by atoms with E-state index in [1.165, 1.54) is 16.2 Å². The van der Waals surface area contributed by atoms with Gasteiger partial charge in [-0.05, 0) is 36.8 Å². The predicted octanol–water partition coefficient (Wildman–Crippen LogP) is 7.94. The maximum Gasteiger partial charge on any atom is 0 e. The molecule has 7 heteroatoms. The van der Waals surface area contributed by atoms with E-state index >= 15 is 0 Å². The molecular weight excluding hydrogens is 695 g/mol. The Morgan fingerprint density at radius 2 is 0.853 bits per heavy atom. The number of benzene rings is 4. The average Bonchev–Trinajstić information content (AvgIpc) is 2.85. The zero-order chi connectivity index (χ0) is 23.0. The first-order valence-electron chi connectivity index (χ1n) is 10.2. The van der Waals surface area contributed by atoms with Crippen LogP contribution in [0, 0.1) is 7.43 Å². The van der Waals surface area contributed by atoms with Crippen molar-refractivity contribution < 1.29 is 19.5 Å². The molecule has 0 fully saturated rings. The van der Waals surface area contributed by atoms with Crippen LogP contribution >= 0.6 is 34.8 Å². The Balaban J connectivity index is 0.000000764. The quantitative estimate of drug-likeness (QED) is 0.125. The van der Waals surface area contributed by atoms with Crippen LogP contribution in [0.5, 0.6) is 0 Å². The van der Waals surface area contributed by atoms with E-state index in [0.29, 0.717) is 6.04 Å². The van der Waals surface area contributed by atoms with Crippen molar-refractivity contribution in [2.45, 2.75) is 13.0 Å². The standard InChI is InChI=1S/C20H20NP.C6H6.CH3.3ClH.Ru.Sn/c1-17(18-11-5-2-6-12-18)21-22(19-13-7-3-8-14-19)20-15-9-4-10-16-20;1-2-4-6-5-3-1;;;;;;/h2-17,21H,1H3;1-6H;1H3;3*1H;;/q;;-1;;;;;+3/p-2. The maximum absolute atomic E-state index is 5.00. The van der Waals surface area contributed by atoms with Gasteiger partial charge in [-0.2, -0.15) is 5.09 Å². The van der Waals surface area contributed by atoms with E-state index in [1.807, 2.05) is 36.4 Å². The second-order valence-electron chi connectivity index (χ2n) is 6.75. The van der Waals surface area contributed by atoms with Crippen molar-refractivity contribution in [1.29, 1.82) is 0 Å². The minimum atomic E-state index is -2.13. The van der Waals surface area contributed by atoms with Crippen molar-refractivity contribution in [2.75, 3.05) is 0 Å². The van der Waals surface area contributed by atoms with E-state index in [4.69, 9.17) is 26.8 Å². The van der Waals surface area contributed by atoms with Crippen LogP contribution in [-0.4, -0.2) is 16.4 Å². The van der Waals surface area contributed by atoms with Gasteiger partial charge in [-0.3, -0.25) is 0 Å². The molecule has 0 aliphatic heterocycles. The Kier molecular flexibility index (Phi) is 20.5. The molecule has 1 radical (unpaired) electrons. The molecule has 4 aromatic carbocycles. The fourth-order valence-corrected chi connectivity index (χ4v) is 5.29. The van der Waals surface area contributed by atoms with Crippen LogP contribution in [0.4, 0.5) is 0 Å². The Morgan fingerprint density at radius 3 is 1.18 bits per heavy atom. The molecule has 0 saturated heterocycles. The Bertz CT molecular complexity index is 899. The van der Waals surface area contributed by atoms with Crippen molar-refractivity contribution in [3.63, 3.8) is 0 Å². The summed E-state index contributed by atoms with van der Waals surface area (Å²) < 4.78 is 0. The maximum atomic E-state index is 5.00. The van der Waals surface area contributed by atoms with Gasteiger partial charge in [-0.1, -0.05) is 103 Å². The first-order chi connectivity index (χ1) is 15.6. The van der Waals surface area contributed by atoms with Crippen LogP contribution < -0.4 is 15.7 Å². The van der Waals surface area contributed by atoms with Gasteiger partial charge in [-0.25, -0.2) is 0 Å². The summed E-state index contributed by atoms with van der Waals surface area (Å²) in [5.41, 5.74) is 1.33. The van der Waals surface area contributed by atoms with Crippen molar-refractivity contribution in [1.82, 2.24) is 5.09 Å². The monoisotopic (exact) mass is 726 g/mol. The smallest absolute Gasteiger partial charge is 0 e. The van der Waals surface area contributed by atoms with Gasteiger partial charge in [0, 0.05) is 19.5 Å². The summed E-state index contributed by atoms with van der Waals surface area (Å²) >= 11 is -2.13. The Hall–Kier alpha value is -0.438. The molecule has 4 rings (SSSR count). The van der Waals surface area contributed by atoms with Gasteiger partial charge in [-0.15, -0.1) is 0 Å². The summed E-state index contributed by atoms with van der Waals surface area (Å²) in [5.74, 6) is 0. The second kappa shape index (κ2) is 20.7. The van der Waals surface area contributed by atoms with E-state index in [2.05, 4.69) is 103 Å². The average molecular weight is 726 g/mol. The zero-order valence-corrected chi connectivity index (χ0v) is 27.0. The fraction of sp³-hybridized carbons (Fsp3) is 0.0741. The molecule has 0 spiro atoms. The minimum absolute atomic E-state index is 0. The van der Waals surface area contributed by atoms with E-state index in [0.717, 1.165) is 0 Å². The number of nitrogens with one attached hydrogen (secondary N) is 1. The molecule has 1 unspecified atom stereocenters. The second-order valence-corrected chi connectivity index (χ2v) is 21.7. The van der Waals surface area contributed by atoms with Crippen LogP contribution in [0.3, 0.4) is 0 Å². The van der Waals surface area contributed by atoms with Crippen LogP contribution in [0.2, 0.25) is 0 Å². The molecule has 0 aliphatic rings. The molecular formula is C27H30Cl3NPRuSn. The van der Waals surface area contributed by atoms with Crippen LogP contribution in [0.25, 0.3) is 0 Å². The van der Waals surface area contributed by atoms with Gasteiger partial charge in [0.15, 0.2) is 0 Å². The summed E-state index contributed by atoms with van der Waals surface area (Å²) in [7, 11) is 14.0. The Labute approximate surface area is 237 Å². The molecule has 0 aliphatic carbocycles. The van der Waals surface area contributed by atoms with Crippen molar-refractivity contribution in [3.8, 4) is 0 Å². The van der Waals surface area contributed by atoms with E-state index in [9.17, 15) is 0 Å². The van der Waals surface area contributed by atoms with Gasteiger partial charge < -0.3 is 7.43 Å². The molecule has 0 bridgehead atoms. The SMILES string of the molecule is CC(N[PH+](c1ccccc1)c1ccccc1)c1ccccc1.[CH3-].[Cl][Sn]([Cl])[Cl].[Ru].c1ccccc1. The largest absolute Gasteiger partial charge is 0.0623 e. The van der Waals surface area contributed by atoms with Crippen LogP contribution in [-0.2, 0) is 19.5 Å². The molecule has 1 atom stereocenters. The van der Waals surface area contributed by atoms with Crippen molar-refractivity contribution in [3.05, 3.63) is 140 Å². The first-order valence-corrected chi connectivity index (χ1v) is 22.5. The topological polar surface area (TPSA) is 12.0 Å². The van der Waals surface area contributed by atoms with Gasteiger partial charge in [0.2, 0.25) is 0 Å². The predicted molar refractivity (Wildman–Crippen MR) is 155 cm³/mol. The fourth-order valence-electron chi connectivity index (χ4n) is 2.97. The number of rotatable bonds is 5. The normalized spacial score (nSPS) is 10.4. The van der Waals surface area contributed by atoms with E-state index < -0.39 is 24.5 Å². The number of hydrogen-bond acceptors (Lipinski definition) is 1. The van der Waals surface area contributed by atoms with E-state index in [-0.39, 0.29) is 26.9 Å². The molecule has 0 aromatic heterocycles. The molecule has 1 N–H and O–H groups in total. The van der Waals surface area contributed by atoms with Crippen LogP contribution in [0.15, 0.2) is 127 Å². The molecule has 0 amide bonds. The third kappa shape index (κ3) is 14.2. The Morgan fingerprint density at radius 1 is 0.588 bits per heavy atom. The zero-order valence-electron chi connectivity index (χ0n) is 19.2. The van der Waals surface area contributed by atoms with E-state index in [1.54, 1.807) is 0 Å². The summed E-state index contributed by atoms with van der Waals surface area (Å²) in [6.45, 7) is 2.24. The summed E-state index contributed by atoms with van der Waals surface area (Å²) in [6.07, 6.45) is 0. The molecule has 4 aromatic rings. The third-order valence-electron chi connectivity index (χ3n) is 4.45. The van der Waals surface area contributed by atoms with Crippen LogP contribution in [0.1, 0.15) is 18.5 Å². The van der Waals surface area contributed by atoms with Crippen molar-refractivity contribution >= 4 is 61.8 Å². The van der Waals surface area contributed by atoms with Crippen molar-refractivity contribution in [2.24, 2.45) is 0 Å². The summed E-state index contributed by atoms with van der Waals surface area (Å²) in [4.78, 5) is 0. The van der Waals surface area contributed by atoms with Gasteiger partial charge >= 0.3 is 43.1 Å². The molecule has 0 heterocycles. The summed E-state index contributed by atoms with van der Waals surface area (Å²) in [6, 6.07) is 44.5. The van der Waals surface area contributed by atoms with Gasteiger partial charge in [0.1, 0.15) is 18.7 Å². The molecule has 1 nitrogen and oxygen atoms in total. The molecule has 0 saturated carbocycles. The first kappa shape index (κ1) is 33.6.